The van der Waals surface area contributed by atoms with Crippen LogP contribution in [0.3, 0.4) is 0 Å². The number of methoxy groups -OCH3 is 1. The Bertz CT molecular complexity index is 2050. The summed E-state index contributed by atoms with van der Waals surface area (Å²) in [5, 5.41) is 19.6. The average molecular weight is 733 g/mol. The highest BCUT2D eigenvalue weighted by atomic mass is 35.5. The largest absolute Gasteiger partial charge is 0.479 e. The maximum atomic E-state index is 15.4. The molecule has 5 aromatic rings. The summed E-state index contributed by atoms with van der Waals surface area (Å²) in [6, 6.07) is 8.38. The number of nitrogen functional groups attached to an aromatic ring is 2. The van der Waals surface area contributed by atoms with E-state index in [0.29, 0.717) is 17.5 Å². The van der Waals surface area contributed by atoms with Gasteiger partial charge in [0.05, 0.1) is 38.0 Å². The van der Waals surface area contributed by atoms with Crippen LogP contribution in [0.15, 0.2) is 43.0 Å². The summed E-state index contributed by atoms with van der Waals surface area (Å²) in [7, 11) is 1.40. The van der Waals surface area contributed by atoms with Gasteiger partial charge in [-0.05, 0) is 32.4 Å². The van der Waals surface area contributed by atoms with E-state index in [4.69, 9.17) is 47.1 Å². The number of halogens is 3. The molecule has 8 atom stereocenters. The lowest BCUT2D eigenvalue weighted by Gasteiger charge is -2.31. The predicted molar refractivity (Wildman–Crippen MR) is 177 cm³/mol. The number of benzene rings is 1. The molecule has 20 heteroatoms. The van der Waals surface area contributed by atoms with Gasteiger partial charge in [0.2, 0.25) is 17.8 Å². The minimum Gasteiger partial charge on any atom is -0.479 e. The van der Waals surface area contributed by atoms with Crippen LogP contribution in [0.4, 0.5) is 20.7 Å². The lowest BCUT2D eigenvalue weighted by molar-refractivity contribution is -0.0974. The molecule has 6 heterocycles. The molecular weight excluding hydrogens is 698 g/mol. The molecule has 2 aliphatic rings. The second-order valence-electron chi connectivity index (χ2n) is 12.2. The molecule has 0 bridgehead atoms. The third kappa shape index (κ3) is 6.24. The summed E-state index contributed by atoms with van der Waals surface area (Å²) in [5.41, 5.74) is 9.23. The Morgan fingerprint density at radius 2 is 1.53 bits per heavy atom. The van der Waals surface area contributed by atoms with Gasteiger partial charge in [-0.1, -0.05) is 36.7 Å². The summed E-state index contributed by atoms with van der Waals surface area (Å²) in [6.45, 7) is 4.02. The fourth-order valence-electron chi connectivity index (χ4n) is 6.12. The van der Waals surface area contributed by atoms with E-state index in [1.807, 2.05) is 0 Å². The van der Waals surface area contributed by atoms with Crippen molar-refractivity contribution in [2.45, 2.75) is 75.4 Å². The Balaban J connectivity index is 0.000000183. The van der Waals surface area contributed by atoms with Crippen LogP contribution in [-0.4, -0.2) is 105 Å². The van der Waals surface area contributed by atoms with Crippen LogP contribution < -0.4 is 16.2 Å². The van der Waals surface area contributed by atoms with Crippen LogP contribution >= 0.6 is 11.6 Å². The smallest absolute Gasteiger partial charge is 0.338 e. The zero-order valence-corrected chi connectivity index (χ0v) is 28.5. The van der Waals surface area contributed by atoms with Crippen molar-refractivity contribution in [3.63, 3.8) is 0 Å². The Labute approximate surface area is 293 Å². The van der Waals surface area contributed by atoms with Gasteiger partial charge >= 0.3 is 5.97 Å². The van der Waals surface area contributed by atoms with Gasteiger partial charge in [-0.25, -0.2) is 23.5 Å². The predicted octanol–water partition coefficient (Wildman–Crippen LogP) is 2.72. The molecule has 4 aromatic heterocycles. The quantitative estimate of drug-likeness (QED) is 0.139. The third-order valence-electron chi connectivity index (χ3n) is 8.76. The van der Waals surface area contributed by atoms with E-state index < -0.39 is 60.8 Å². The van der Waals surface area contributed by atoms with E-state index in [1.165, 1.54) is 42.7 Å². The van der Waals surface area contributed by atoms with Crippen LogP contribution in [0, 0.1) is 0 Å². The molecule has 6 N–H and O–H groups in total. The summed E-state index contributed by atoms with van der Waals surface area (Å²) in [5.74, 6) is -0.611. The van der Waals surface area contributed by atoms with Gasteiger partial charge in [0, 0.05) is 0 Å². The fourth-order valence-corrected chi connectivity index (χ4v) is 6.34. The van der Waals surface area contributed by atoms with E-state index in [-0.39, 0.29) is 39.7 Å². The maximum absolute atomic E-state index is 15.4. The van der Waals surface area contributed by atoms with E-state index in [1.54, 1.807) is 37.3 Å². The second kappa shape index (κ2) is 13.7. The first kappa shape index (κ1) is 36.0. The van der Waals surface area contributed by atoms with Crippen molar-refractivity contribution in [2.24, 2.45) is 0 Å². The van der Waals surface area contributed by atoms with Crippen LogP contribution in [0.2, 0.25) is 5.15 Å². The van der Waals surface area contributed by atoms with Crippen LogP contribution in [-0.2, 0) is 14.2 Å². The molecule has 0 radical (unpaired) electrons. The number of aromatic nitrogens is 8. The number of hydrogen-bond acceptors (Lipinski definition) is 15. The first-order valence-corrected chi connectivity index (χ1v) is 16.0. The number of hydrogen-bond donors (Lipinski definition) is 4. The number of aliphatic hydroxyl groups is 2. The van der Waals surface area contributed by atoms with Gasteiger partial charge in [-0.2, -0.15) is 19.9 Å². The first-order chi connectivity index (χ1) is 24.2. The van der Waals surface area contributed by atoms with Crippen LogP contribution in [0.5, 0.6) is 5.88 Å². The Kier molecular flexibility index (Phi) is 9.68. The summed E-state index contributed by atoms with van der Waals surface area (Å²) >= 11 is 6.10. The number of ether oxygens (including phenoxy) is 4. The van der Waals surface area contributed by atoms with E-state index in [2.05, 4.69) is 29.9 Å². The van der Waals surface area contributed by atoms with Crippen molar-refractivity contribution < 1.29 is 42.7 Å². The second-order valence-corrected chi connectivity index (χ2v) is 12.6. The van der Waals surface area contributed by atoms with Crippen molar-refractivity contribution in [1.29, 1.82) is 0 Å². The molecular formula is C31H35ClF2N10O7. The number of alkyl halides is 2. The summed E-state index contributed by atoms with van der Waals surface area (Å²) < 4.78 is 54.5. The number of imidazole rings is 2. The normalized spacial score (nSPS) is 28.9. The van der Waals surface area contributed by atoms with E-state index >= 15 is 4.39 Å². The van der Waals surface area contributed by atoms with Crippen LogP contribution in [0.1, 0.15) is 50.0 Å². The van der Waals surface area contributed by atoms with Crippen molar-refractivity contribution in [3.8, 4) is 5.88 Å². The van der Waals surface area contributed by atoms with Crippen molar-refractivity contribution >= 4 is 51.8 Å². The van der Waals surface area contributed by atoms with Gasteiger partial charge in [0.1, 0.15) is 17.2 Å². The number of fused-ring (bicyclic) bond motifs is 2. The van der Waals surface area contributed by atoms with Gasteiger partial charge in [0.25, 0.3) is 0 Å². The molecule has 0 spiro atoms. The average Bonchev–Trinajstić information content (AvgIpc) is 3.83. The summed E-state index contributed by atoms with van der Waals surface area (Å²) in [4.78, 5) is 36.9. The molecule has 7 rings (SSSR count). The molecule has 2 fully saturated rings. The number of aliphatic hydroxyl groups excluding tert-OH is 1. The third-order valence-corrected chi connectivity index (χ3v) is 9.03. The first-order valence-electron chi connectivity index (χ1n) is 15.6. The Hall–Kier alpha value is -4.82. The van der Waals surface area contributed by atoms with Crippen LogP contribution in [0.25, 0.3) is 22.3 Å². The number of carbonyl (C=O) groups is 1. The molecule has 272 valence electrons. The number of carbonyl (C=O) groups excluding carboxylic acids is 1. The Morgan fingerprint density at radius 3 is 2.14 bits per heavy atom. The minimum absolute atomic E-state index is 0.0563. The lowest BCUT2D eigenvalue weighted by atomic mass is 9.96. The number of anilines is 2. The number of nitrogens with two attached hydrogens (primary N) is 2. The topological polar surface area (TPSA) is 234 Å². The highest BCUT2D eigenvalue weighted by Gasteiger charge is 2.58. The highest BCUT2D eigenvalue weighted by Crippen LogP contribution is 2.46. The number of nitrogens with zero attached hydrogens (tertiary/aromatic N) is 8. The van der Waals surface area contributed by atoms with Gasteiger partial charge in [-0.15, -0.1) is 0 Å². The van der Waals surface area contributed by atoms with Crippen molar-refractivity contribution in [2.75, 3.05) is 25.2 Å². The monoisotopic (exact) mass is 732 g/mol. The highest BCUT2D eigenvalue weighted by molar-refractivity contribution is 6.33. The van der Waals surface area contributed by atoms with Gasteiger partial charge in [-0.3, -0.25) is 9.13 Å². The maximum Gasteiger partial charge on any atom is 0.338 e. The van der Waals surface area contributed by atoms with Gasteiger partial charge < -0.3 is 40.6 Å². The SMILES string of the molecule is CC[C@H]1O[C@@H](n2cnc3c(Cl)nc(N)nc32)[C@](C)(OC(=O)c2ccccc2)[C@@H]1F.COc1nc(N)nc2c1ncn2[C@@H]1O[C@H](CO)[C@@H](F)[C@@]1(C)O. The van der Waals surface area contributed by atoms with E-state index in [0.717, 1.165) is 0 Å². The molecule has 0 unspecified atom stereocenters. The minimum atomic E-state index is -1.87. The standard InChI is InChI=1S/C19H19ClFN5O3.C12H16FN5O4/c1-3-11-13(21)19(2,29-16(27)10-7-5-4-6-8-10)17(28-11)26-9-23-12-14(20)24-18(22)25-15(12)26;1-12(20)7(13)5(3-19)22-10(12)18-4-15-6-8(18)16-11(14)17-9(6)21-2/h4-9,11,13,17H,3H2,1-2H3,(H2,22,24,25);4-5,7,10,19-20H,3H2,1-2H3,(H2,14,16,17)/t11-,13-,17-,19-;5-,7-,10-,12-/m11/s1. The summed E-state index contributed by atoms with van der Waals surface area (Å²) in [6.07, 6.45) is -4.28. The molecule has 2 saturated heterocycles. The van der Waals surface area contributed by atoms with Crippen molar-refractivity contribution in [1.82, 2.24) is 39.0 Å². The molecule has 0 aliphatic carbocycles. The zero-order valence-electron chi connectivity index (χ0n) is 27.7. The molecule has 1 aromatic carbocycles. The molecule has 0 amide bonds. The fraction of sp³-hybridized carbons (Fsp3) is 0.452. The Morgan fingerprint density at radius 1 is 0.941 bits per heavy atom. The number of rotatable bonds is 7. The van der Waals surface area contributed by atoms with Gasteiger partial charge in [0.15, 0.2) is 52.4 Å². The molecule has 0 saturated carbocycles. The lowest BCUT2D eigenvalue weighted by Crippen LogP contribution is -2.45. The molecule has 17 nitrogen and oxygen atoms in total. The molecule has 2 aliphatic heterocycles. The molecule has 51 heavy (non-hydrogen) atoms. The number of esters is 1. The van der Waals surface area contributed by atoms with Crippen molar-refractivity contribution in [3.05, 3.63) is 53.7 Å². The zero-order chi connectivity index (χ0) is 36.8. The van der Waals surface area contributed by atoms with E-state index in [9.17, 15) is 14.3 Å².